The van der Waals surface area contributed by atoms with Gasteiger partial charge in [0.25, 0.3) is 5.91 Å². The third-order valence-corrected chi connectivity index (χ3v) is 4.83. The Morgan fingerprint density at radius 3 is 2.78 bits per heavy atom. The number of nitrogens with one attached hydrogen (secondary N) is 2. The highest BCUT2D eigenvalue weighted by atomic mass is 79.9. The second-order valence-electron chi connectivity index (χ2n) is 6.00. The van der Waals surface area contributed by atoms with Crippen molar-refractivity contribution in [3.8, 4) is 11.4 Å². The summed E-state index contributed by atoms with van der Waals surface area (Å²) in [6.07, 6.45) is 2.21. The number of anilines is 1. The van der Waals surface area contributed by atoms with E-state index < -0.39 is 0 Å². The van der Waals surface area contributed by atoms with Crippen molar-refractivity contribution in [1.29, 1.82) is 0 Å². The van der Waals surface area contributed by atoms with Gasteiger partial charge in [0.2, 0.25) is 0 Å². The molecule has 0 aliphatic rings. The molecule has 8 heteroatoms. The van der Waals surface area contributed by atoms with E-state index >= 15 is 0 Å². The molecule has 0 spiro atoms. The number of aromatic hydroxyl groups is 1. The minimum Gasteiger partial charge on any atom is -0.508 e. The van der Waals surface area contributed by atoms with Crippen LogP contribution >= 0.6 is 15.9 Å². The Morgan fingerprint density at radius 1 is 1.26 bits per heavy atom. The van der Waals surface area contributed by atoms with E-state index in [9.17, 15) is 9.90 Å². The number of rotatable bonds is 4. The molecule has 4 rings (SSSR count). The lowest BCUT2D eigenvalue weighted by Gasteiger charge is -2.08. The van der Waals surface area contributed by atoms with Crippen LogP contribution in [0.25, 0.3) is 16.6 Å². The zero-order chi connectivity index (χ0) is 19.0. The standard InChI is InChI=1S/C19H16BrN5O2/c1-2-17-15(10-21-25(17)12-5-3-11(20)4-6-12)19(27)22-18-14-8-7-13(26)9-16(14)23-24-18/h3-10,26H,2H2,1H3,(H2,22,23,24,27). The van der Waals surface area contributed by atoms with Crippen LogP contribution in [0.3, 0.4) is 0 Å². The molecule has 3 N–H and O–H groups in total. The van der Waals surface area contributed by atoms with Crippen molar-refractivity contribution in [2.45, 2.75) is 13.3 Å². The fraction of sp³-hybridized carbons (Fsp3) is 0.105. The average Bonchev–Trinajstić information content (AvgIpc) is 3.26. The van der Waals surface area contributed by atoms with Gasteiger partial charge in [-0.25, -0.2) is 4.68 Å². The molecular weight excluding hydrogens is 410 g/mol. The fourth-order valence-electron chi connectivity index (χ4n) is 2.99. The maximum Gasteiger partial charge on any atom is 0.260 e. The zero-order valence-electron chi connectivity index (χ0n) is 14.4. The largest absolute Gasteiger partial charge is 0.508 e. The molecule has 2 aromatic carbocycles. The fourth-order valence-corrected chi connectivity index (χ4v) is 3.25. The van der Waals surface area contributed by atoms with E-state index in [4.69, 9.17) is 0 Å². The van der Waals surface area contributed by atoms with Crippen molar-refractivity contribution < 1.29 is 9.90 Å². The molecule has 0 saturated carbocycles. The zero-order valence-corrected chi connectivity index (χ0v) is 16.0. The number of aromatic amines is 1. The summed E-state index contributed by atoms with van der Waals surface area (Å²) < 4.78 is 2.74. The molecule has 0 unspecified atom stereocenters. The molecule has 0 aliphatic heterocycles. The maximum absolute atomic E-state index is 12.8. The Labute approximate surface area is 163 Å². The predicted octanol–water partition coefficient (Wildman–Crippen LogP) is 4.03. The predicted molar refractivity (Wildman–Crippen MR) is 106 cm³/mol. The first kappa shape index (κ1) is 17.3. The summed E-state index contributed by atoms with van der Waals surface area (Å²) in [5, 5.41) is 24.4. The quantitative estimate of drug-likeness (QED) is 0.459. The molecular formula is C19H16BrN5O2. The van der Waals surface area contributed by atoms with Crippen molar-refractivity contribution in [1.82, 2.24) is 20.0 Å². The molecule has 0 fully saturated rings. The molecule has 7 nitrogen and oxygen atoms in total. The Balaban J connectivity index is 1.66. The van der Waals surface area contributed by atoms with Gasteiger partial charge in [0.05, 0.1) is 28.7 Å². The van der Waals surface area contributed by atoms with Gasteiger partial charge >= 0.3 is 0 Å². The average molecular weight is 426 g/mol. The summed E-state index contributed by atoms with van der Waals surface area (Å²) in [5.74, 6) is 0.262. The van der Waals surface area contributed by atoms with Crippen molar-refractivity contribution >= 4 is 38.6 Å². The molecule has 2 heterocycles. The van der Waals surface area contributed by atoms with Gasteiger partial charge in [0.1, 0.15) is 5.75 Å². The number of benzene rings is 2. The van der Waals surface area contributed by atoms with Crippen molar-refractivity contribution in [2.75, 3.05) is 5.32 Å². The van der Waals surface area contributed by atoms with Gasteiger partial charge in [0.15, 0.2) is 5.82 Å². The SMILES string of the molecule is CCc1c(C(=O)Nc2n[nH]c3cc(O)ccc23)cnn1-c1ccc(Br)cc1. The summed E-state index contributed by atoms with van der Waals surface area (Å²) in [4.78, 5) is 12.8. The summed E-state index contributed by atoms with van der Waals surface area (Å²) >= 11 is 3.42. The molecule has 1 amide bonds. The van der Waals surface area contributed by atoms with E-state index in [2.05, 4.69) is 36.5 Å². The Bertz CT molecular complexity index is 1130. The van der Waals surface area contributed by atoms with Gasteiger partial charge in [0, 0.05) is 15.9 Å². The van der Waals surface area contributed by atoms with Crippen LogP contribution in [-0.2, 0) is 6.42 Å². The van der Waals surface area contributed by atoms with Gasteiger partial charge < -0.3 is 10.4 Å². The molecule has 2 aromatic heterocycles. The number of H-pyrrole nitrogens is 1. The van der Waals surface area contributed by atoms with Gasteiger partial charge in [-0.15, -0.1) is 0 Å². The topological polar surface area (TPSA) is 95.8 Å². The molecule has 0 radical (unpaired) electrons. The second kappa shape index (κ2) is 6.88. The molecule has 0 atom stereocenters. The van der Waals surface area contributed by atoms with Crippen LogP contribution in [0.4, 0.5) is 5.82 Å². The monoisotopic (exact) mass is 425 g/mol. The minimum absolute atomic E-state index is 0.132. The third-order valence-electron chi connectivity index (χ3n) is 4.30. The summed E-state index contributed by atoms with van der Waals surface area (Å²) in [7, 11) is 0. The molecule has 4 aromatic rings. The summed E-state index contributed by atoms with van der Waals surface area (Å²) in [6.45, 7) is 1.98. The van der Waals surface area contributed by atoms with Crippen molar-refractivity contribution in [3.63, 3.8) is 0 Å². The van der Waals surface area contributed by atoms with Gasteiger partial charge in [-0.1, -0.05) is 22.9 Å². The Morgan fingerprint density at radius 2 is 2.04 bits per heavy atom. The van der Waals surface area contributed by atoms with Crippen LogP contribution in [0.2, 0.25) is 0 Å². The molecule has 0 saturated heterocycles. The molecule has 27 heavy (non-hydrogen) atoms. The smallest absolute Gasteiger partial charge is 0.260 e. The van der Waals surface area contributed by atoms with Gasteiger partial charge in [-0.2, -0.15) is 10.2 Å². The number of nitrogens with zero attached hydrogens (tertiary/aromatic N) is 3. The van der Waals surface area contributed by atoms with E-state index in [1.165, 1.54) is 0 Å². The second-order valence-corrected chi connectivity index (χ2v) is 6.92. The van der Waals surface area contributed by atoms with Crippen molar-refractivity contribution in [2.24, 2.45) is 0 Å². The Kier molecular flexibility index (Phi) is 4.41. The van der Waals surface area contributed by atoms with E-state index in [0.717, 1.165) is 21.2 Å². The van der Waals surface area contributed by atoms with E-state index in [0.29, 0.717) is 23.3 Å². The summed E-state index contributed by atoms with van der Waals surface area (Å²) in [6, 6.07) is 12.5. The van der Waals surface area contributed by atoms with Crippen LogP contribution in [0.5, 0.6) is 5.75 Å². The van der Waals surface area contributed by atoms with Gasteiger partial charge in [-0.3, -0.25) is 9.89 Å². The first-order valence-electron chi connectivity index (χ1n) is 8.38. The number of hydrogen-bond acceptors (Lipinski definition) is 4. The highest BCUT2D eigenvalue weighted by Gasteiger charge is 2.19. The number of amides is 1. The van der Waals surface area contributed by atoms with Crippen LogP contribution in [-0.4, -0.2) is 31.0 Å². The van der Waals surface area contributed by atoms with E-state index in [1.807, 2.05) is 31.2 Å². The lowest BCUT2D eigenvalue weighted by molar-refractivity contribution is 0.102. The van der Waals surface area contributed by atoms with Crippen LogP contribution in [0, 0.1) is 0 Å². The number of carbonyl (C=O) groups excluding carboxylic acids is 1. The van der Waals surface area contributed by atoms with E-state index in [1.54, 1.807) is 29.1 Å². The lowest BCUT2D eigenvalue weighted by Crippen LogP contribution is -2.14. The number of fused-ring (bicyclic) bond motifs is 1. The molecule has 136 valence electrons. The number of hydrogen-bond donors (Lipinski definition) is 3. The van der Waals surface area contributed by atoms with Crippen LogP contribution in [0.1, 0.15) is 23.0 Å². The number of phenols is 1. The lowest BCUT2D eigenvalue weighted by atomic mass is 10.2. The van der Waals surface area contributed by atoms with E-state index in [-0.39, 0.29) is 11.7 Å². The minimum atomic E-state index is -0.281. The Hall–Kier alpha value is -3.13. The van der Waals surface area contributed by atoms with Gasteiger partial charge in [-0.05, 0) is 42.8 Å². The number of carbonyl (C=O) groups is 1. The number of halogens is 1. The normalized spacial score (nSPS) is 11.0. The third kappa shape index (κ3) is 3.19. The summed E-state index contributed by atoms with van der Waals surface area (Å²) in [5.41, 5.74) is 2.84. The number of phenolic OH excluding ortho intramolecular Hbond substituents is 1. The van der Waals surface area contributed by atoms with Crippen LogP contribution < -0.4 is 5.32 Å². The van der Waals surface area contributed by atoms with Crippen molar-refractivity contribution in [3.05, 3.63) is 64.4 Å². The highest BCUT2D eigenvalue weighted by Crippen LogP contribution is 2.25. The first-order chi connectivity index (χ1) is 13.1. The first-order valence-corrected chi connectivity index (χ1v) is 9.17. The molecule has 0 bridgehead atoms. The maximum atomic E-state index is 12.8. The highest BCUT2D eigenvalue weighted by molar-refractivity contribution is 9.10. The molecule has 0 aliphatic carbocycles. The van der Waals surface area contributed by atoms with Crippen LogP contribution in [0.15, 0.2) is 53.1 Å². The number of aromatic nitrogens is 4.